The molecule has 1 aromatic rings. The molecule has 0 atom stereocenters. The minimum atomic E-state index is -0.876. The monoisotopic (exact) mass is 250 g/mol. The summed E-state index contributed by atoms with van der Waals surface area (Å²) in [5.41, 5.74) is 1.82. The zero-order chi connectivity index (χ0) is 13.4. The highest BCUT2D eigenvalue weighted by atomic mass is 16.4. The zero-order valence-electron chi connectivity index (χ0n) is 10.4. The van der Waals surface area contributed by atoms with E-state index in [0.29, 0.717) is 6.42 Å². The van der Waals surface area contributed by atoms with Crippen LogP contribution in [0.3, 0.4) is 0 Å². The topological polar surface area (TPSA) is 78.4 Å². The van der Waals surface area contributed by atoms with E-state index >= 15 is 0 Å². The number of rotatable bonds is 7. The fourth-order valence-corrected chi connectivity index (χ4v) is 1.59. The van der Waals surface area contributed by atoms with Crippen LogP contribution in [0.2, 0.25) is 0 Å². The molecule has 0 bridgehead atoms. The predicted octanol–water partition coefficient (Wildman–Crippen LogP) is 1.60. The van der Waals surface area contributed by atoms with E-state index in [4.69, 9.17) is 5.11 Å². The number of amides is 1. The van der Waals surface area contributed by atoms with Crippen molar-refractivity contribution in [2.24, 2.45) is 0 Å². The fourth-order valence-electron chi connectivity index (χ4n) is 1.59. The van der Waals surface area contributed by atoms with Gasteiger partial charge in [-0.1, -0.05) is 12.1 Å². The van der Waals surface area contributed by atoms with E-state index in [-0.39, 0.29) is 18.7 Å². The van der Waals surface area contributed by atoms with Gasteiger partial charge in [0.05, 0.1) is 0 Å². The van der Waals surface area contributed by atoms with Gasteiger partial charge in [0, 0.05) is 25.1 Å². The highest BCUT2D eigenvalue weighted by molar-refractivity contribution is 5.90. The van der Waals surface area contributed by atoms with Crippen molar-refractivity contribution in [3.63, 3.8) is 0 Å². The molecule has 0 aromatic heterocycles. The number of carboxylic acid groups (broad SMARTS) is 1. The van der Waals surface area contributed by atoms with Crippen molar-refractivity contribution in [1.82, 2.24) is 5.32 Å². The van der Waals surface area contributed by atoms with Crippen molar-refractivity contribution in [2.45, 2.75) is 25.8 Å². The van der Waals surface area contributed by atoms with Crippen molar-refractivity contribution < 1.29 is 14.7 Å². The van der Waals surface area contributed by atoms with Gasteiger partial charge in [0.1, 0.15) is 0 Å². The van der Waals surface area contributed by atoms with E-state index in [1.54, 1.807) is 0 Å². The zero-order valence-corrected chi connectivity index (χ0v) is 10.4. The average Bonchev–Trinajstić information content (AvgIpc) is 2.29. The van der Waals surface area contributed by atoms with Gasteiger partial charge in [-0.05, 0) is 31.2 Å². The Labute approximate surface area is 106 Å². The third-order valence-corrected chi connectivity index (χ3v) is 2.39. The number of carbonyl (C=O) groups is 2. The Hall–Kier alpha value is -1.88. The van der Waals surface area contributed by atoms with Gasteiger partial charge in [-0.25, -0.2) is 0 Å². The quantitative estimate of drug-likeness (QED) is 0.687. The first-order chi connectivity index (χ1) is 8.61. The van der Waals surface area contributed by atoms with Crippen LogP contribution in [0.4, 0.5) is 5.69 Å². The number of hydrogen-bond donors (Lipinski definition) is 3. The number of carboxylic acids is 1. The molecule has 0 aliphatic heterocycles. The third kappa shape index (κ3) is 5.45. The van der Waals surface area contributed by atoms with E-state index in [1.165, 1.54) is 0 Å². The second-order valence-corrected chi connectivity index (χ2v) is 4.03. The summed E-state index contributed by atoms with van der Waals surface area (Å²) in [4.78, 5) is 21.9. The minimum absolute atomic E-state index is 0.0210. The molecule has 0 aliphatic rings. The van der Waals surface area contributed by atoms with Gasteiger partial charge < -0.3 is 15.7 Å². The maximum Gasteiger partial charge on any atom is 0.303 e. The second-order valence-electron chi connectivity index (χ2n) is 4.03. The Kier molecular flexibility index (Phi) is 5.87. The van der Waals surface area contributed by atoms with Crippen LogP contribution in [0, 0.1) is 0 Å². The van der Waals surface area contributed by atoms with Crippen molar-refractivity contribution >= 4 is 17.6 Å². The summed E-state index contributed by atoms with van der Waals surface area (Å²) < 4.78 is 0. The van der Waals surface area contributed by atoms with E-state index in [1.807, 2.05) is 31.3 Å². The van der Waals surface area contributed by atoms with E-state index in [0.717, 1.165) is 17.8 Å². The van der Waals surface area contributed by atoms with Crippen LogP contribution in [-0.2, 0) is 16.1 Å². The second kappa shape index (κ2) is 7.45. The number of benzene rings is 1. The molecule has 1 aromatic carbocycles. The highest BCUT2D eigenvalue weighted by Crippen LogP contribution is 2.11. The summed E-state index contributed by atoms with van der Waals surface area (Å²) in [6, 6.07) is 7.55. The van der Waals surface area contributed by atoms with Crippen molar-refractivity contribution in [3.8, 4) is 0 Å². The lowest BCUT2D eigenvalue weighted by molar-refractivity contribution is -0.137. The Morgan fingerprint density at radius 3 is 2.72 bits per heavy atom. The van der Waals surface area contributed by atoms with E-state index in [9.17, 15) is 9.59 Å². The molecule has 5 nitrogen and oxygen atoms in total. The summed E-state index contributed by atoms with van der Waals surface area (Å²) >= 11 is 0. The van der Waals surface area contributed by atoms with Crippen LogP contribution in [0.25, 0.3) is 0 Å². The summed E-state index contributed by atoms with van der Waals surface area (Å²) in [5, 5.41) is 14.3. The van der Waals surface area contributed by atoms with Crippen LogP contribution < -0.4 is 10.6 Å². The number of nitrogens with one attached hydrogen (secondary N) is 2. The largest absolute Gasteiger partial charge is 0.481 e. The molecular weight excluding hydrogens is 232 g/mol. The standard InChI is InChI=1S/C13H18N2O3/c1-14-9-10-4-2-5-11(8-10)15-12(16)6-3-7-13(17)18/h2,4-5,8,14H,3,6-7,9H2,1H3,(H,15,16)(H,17,18). The lowest BCUT2D eigenvalue weighted by Crippen LogP contribution is -2.12. The summed E-state index contributed by atoms with van der Waals surface area (Å²) in [6.45, 7) is 0.739. The van der Waals surface area contributed by atoms with Gasteiger partial charge in [0.15, 0.2) is 0 Å². The lowest BCUT2D eigenvalue weighted by Gasteiger charge is -2.07. The summed E-state index contributed by atoms with van der Waals surface area (Å²) in [6.07, 6.45) is 0.604. The molecule has 0 spiro atoms. The van der Waals surface area contributed by atoms with Gasteiger partial charge >= 0.3 is 5.97 Å². The Morgan fingerprint density at radius 2 is 2.06 bits per heavy atom. The Bertz CT molecular complexity index is 418. The number of hydrogen-bond acceptors (Lipinski definition) is 3. The molecule has 0 fully saturated rings. The first-order valence-corrected chi connectivity index (χ1v) is 5.87. The Balaban J connectivity index is 2.43. The predicted molar refractivity (Wildman–Crippen MR) is 69.3 cm³/mol. The normalized spacial score (nSPS) is 10.1. The third-order valence-electron chi connectivity index (χ3n) is 2.39. The molecule has 1 amide bonds. The number of aliphatic carboxylic acids is 1. The molecule has 1 rings (SSSR count). The van der Waals surface area contributed by atoms with Crippen LogP contribution in [0.15, 0.2) is 24.3 Å². The van der Waals surface area contributed by atoms with Gasteiger partial charge in [-0.2, -0.15) is 0 Å². The molecule has 0 saturated heterocycles. The molecule has 18 heavy (non-hydrogen) atoms. The van der Waals surface area contributed by atoms with Crippen LogP contribution in [-0.4, -0.2) is 24.0 Å². The maximum absolute atomic E-state index is 11.5. The van der Waals surface area contributed by atoms with Crippen molar-refractivity contribution in [1.29, 1.82) is 0 Å². The Morgan fingerprint density at radius 1 is 1.28 bits per heavy atom. The molecule has 0 radical (unpaired) electrons. The molecule has 0 aliphatic carbocycles. The van der Waals surface area contributed by atoms with Crippen LogP contribution in [0.5, 0.6) is 0 Å². The minimum Gasteiger partial charge on any atom is -0.481 e. The van der Waals surface area contributed by atoms with Gasteiger partial charge in [-0.15, -0.1) is 0 Å². The number of anilines is 1. The maximum atomic E-state index is 11.5. The summed E-state index contributed by atoms with van der Waals surface area (Å²) in [5.74, 6) is -1.03. The van der Waals surface area contributed by atoms with E-state index < -0.39 is 5.97 Å². The smallest absolute Gasteiger partial charge is 0.303 e. The highest BCUT2D eigenvalue weighted by Gasteiger charge is 2.04. The molecule has 5 heteroatoms. The van der Waals surface area contributed by atoms with Gasteiger partial charge in [-0.3, -0.25) is 9.59 Å². The molecule has 3 N–H and O–H groups in total. The number of carbonyl (C=O) groups excluding carboxylic acids is 1. The summed E-state index contributed by atoms with van der Waals surface area (Å²) in [7, 11) is 1.86. The average molecular weight is 250 g/mol. The van der Waals surface area contributed by atoms with Crippen LogP contribution >= 0.6 is 0 Å². The fraction of sp³-hybridized carbons (Fsp3) is 0.385. The van der Waals surface area contributed by atoms with Crippen molar-refractivity contribution in [2.75, 3.05) is 12.4 Å². The van der Waals surface area contributed by atoms with Gasteiger partial charge in [0.2, 0.25) is 5.91 Å². The van der Waals surface area contributed by atoms with Crippen LogP contribution in [0.1, 0.15) is 24.8 Å². The van der Waals surface area contributed by atoms with Gasteiger partial charge in [0.25, 0.3) is 0 Å². The molecule has 0 saturated carbocycles. The first-order valence-electron chi connectivity index (χ1n) is 5.87. The van der Waals surface area contributed by atoms with E-state index in [2.05, 4.69) is 10.6 Å². The first kappa shape index (κ1) is 14.2. The molecule has 0 heterocycles. The molecular formula is C13H18N2O3. The molecule has 0 unspecified atom stereocenters. The SMILES string of the molecule is CNCc1cccc(NC(=O)CCCC(=O)O)c1. The lowest BCUT2D eigenvalue weighted by atomic mass is 10.2. The van der Waals surface area contributed by atoms with Crippen molar-refractivity contribution in [3.05, 3.63) is 29.8 Å². The molecule has 98 valence electrons.